The number of hydrogen-bond donors (Lipinski definition) is 1. The number of hydrogen-bond acceptors (Lipinski definition) is 2. The first-order valence-electron chi connectivity index (χ1n) is 6.87. The molecule has 0 saturated carbocycles. The van der Waals surface area contributed by atoms with Crippen molar-refractivity contribution in [1.82, 2.24) is 5.32 Å². The van der Waals surface area contributed by atoms with Crippen LogP contribution in [0.4, 0.5) is 0 Å². The fourth-order valence-electron chi connectivity index (χ4n) is 2.38. The molecule has 0 radical (unpaired) electrons. The van der Waals surface area contributed by atoms with Gasteiger partial charge in [-0.05, 0) is 40.2 Å². The Morgan fingerprint density at radius 2 is 1.94 bits per heavy atom. The third kappa shape index (κ3) is 4.55. The van der Waals surface area contributed by atoms with Crippen LogP contribution < -0.4 is 5.32 Å². The van der Waals surface area contributed by atoms with Crippen LogP contribution in [0.1, 0.15) is 69.6 Å². The van der Waals surface area contributed by atoms with Gasteiger partial charge in [0.2, 0.25) is 0 Å². The highest BCUT2D eigenvalue weighted by Crippen LogP contribution is 2.22. The van der Waals surface area contributed by atoms with E-state index in [1.807, 2.05) is 13.8 Å². The molecule has 2 atom stereocenters. The van der Waals surface area contributed by atoms with Gasteiger partial charge in [-0.2, -0.15) is 0 Å². The molecule has 0 bridgehead atoms. The van der Waals surface area contributed by atoms with Crippen LogP contribution >= 0.6 is 0 Å². The molecule has 0 aliphatic heterocycles. The van der Waals surface area contributed by atoms with Crippen molar-refractivity contribution in [3.05, 3.63) is 23.2 Å². The van der Waals surface area contributed by atoms with Crippen LogP contribution in [0.2, 0.25) is 0 Å². The average molecular weight is 237 g/mol. The van der Waals surface area contributed by atoms with Gasteiger partial charge in [0.05, 0.1) is 0 Å². The lowest BCUT2D eigenvalue weighted by Gasteiger charge is -2.19. The van der Waals surface area contributed by atoms with Gasteiger partial charge in [0.1, 0.15) is 11.5 Å². The maximum atomic E-state index is 5.58. The molecule has 2 unspecified atom stereocenters. The van der Waals surface area contributed by atoms with Gasteiger partial charge in [-0.3, -0.25) is 0 Å². The Morgan fingerprint density at radius 3 is 2.47 bits per heavy atom. The molecule has 17 heavy (non-hydrogen) atoms. The zero-order chi connectivity index (χ0) is 12.8. The monoisotopic (exact) mass is 237 g/mol. The Bertz CT molecular complexity index is 330. The van der Waals surface area contributed by atoms with Crippen molar-refractivity contribution in [3.63, 3.8) is 0 Å². The minimum Gasteiger partial charge on any atom is -0.466 e. The summed E-state index contributed by atoms with van der Waals surface area (Å²) in [7, 11) is 0. The van der Waals surface area contributed by atoms with Gasteiger partial charge in [-0.15, -0.1) is 0 Å². The molecule has 1 aromatic heterocycles. The summed E-state index contributed by atoms with van der Waals surface area (Å²) in [6.07, 6.45) is 5.21. The van der Waals surface area contributed by atoms with E-state index in [0.717, 1.165) is 11.5 Å². The number of aryl methyl sites for hydroxylation is 2. The molecule has 0 saturated heterocycles. The first-order valence-corrected chi connectivity index (χ1v) is 6.87. The summed E-state index contributed by atoms with van der Waals surface area (Å²) in [5.74, 6) is 2.05. The Labute approximate surface area is 106 Å². The summed E-state index contributed by atoms with van der Waals surface area (Å²) in [5.41, 5.74) is 1.30. The predicted molar refractivity (Wildman–Crippen MR) is 73.3 cm³/mol. The van der Waals surface area contributed by atoms with Crippen LogP contribution in [0, 0.1) is 13.8 Å². The summed E-state index contributed by atoms with van der Waals surface area (Å²) in [6.45, 7) is 10.8. The summed E-state index contributed by atoms with van der Waals surface area (Å²) in [5, 5.41) is 3.65. The molecule has 0 aliphatic rings. The van der Waals surface area contributed by atoms with Crippen LogP contribution in [-0.2, 0) is 0 Å². The summed E-state index contributed by atoms with van der Waals surface area (Å²) in [4.78, 5) is 0. The highest BCUT2D eigenvalue weighted by atomic mass is 16.3. The van der Waals surface area contributed by atoms with Crippen molar-refractivity contribution in [2.75, 3.05) is 0 Å². The van der Waals surface area contributed by atoms with Crippen molar-refractivity contribution in [1.29, 1.82) is 0 Å². The maximum Gasteiger partial charge on any atom is 0.105 e. The highest BCUT2D eigenvalue weighted by molar-refractivity contribution is 5.23. The molecule has 0 fully saturated rings. The first-order chi connectivity index (χ1) is 8.04. The van der Waals surface area contributed by atoms with Gasteiger partial charge in [0, 0.05) is 17.6 Å². The Morgan fingerprint density at radius 1 is 1.24 bits per heavy atom. The lowest BCUT2D eigenvalue weighted by Crippen LogP contribution is -2.28. The van der Waals surface area contributed by atoms with E-state index < -0.39 is 0 Å². The van der Waals surface area contributed by atoms with E-state index in [2.05, 4.69) is 32.2 Å². The van der Waals surface area contributed by atoms with E-state index in [4.69, 9.17) is 4.42 Å². The zero-order valence-electron chi connectivity index (χ0n) is 12.0. The molecule has 98 valence electrons. The molecule has 2 nitrogen and oxygen atoms in total. The van der Waals surface area contributed by atoms with Crippen molar-refractivity contribution in [2.24, 2.45) is 0 Å². The summed E-state index contributed by atoms with van der Waals surface area (Å²) < 4.78 is 5.58. The molecular weight excluding hydrogens is 210 g/mol. The molecule has 1 rings (SSSR count). The SMILES string of the molecule is CCCCCC(C)NC(C)c1cc(C)oc1C. The van der Waals surface area contributed by atoms with Gasteiger partial charge >= 0.3 is 0 Å². The Kier molecular flexibility index (Phi) is 5.76. The van der Waals surface area contributed by atoms with Crippen molar-refractivity contribution < 1.29 is 4.42 Å². The van der Waals surface area contributed by atoms with Crippen LogP contribution in [0.5, 0.6) is 0 Å². The third-order valence-corrected chi connectivity index (χ3v) is 3.32. The van der Waals surface area contributed by atoms with Gasteiger partial charge in [-0.25, -0.2) is 0 Å². The highest BCUT2D eigenvalue weighted by Gasteiger charge is 2.14. The average Bonchev–Trinajstić information content (AvgIpc) is 2.58. The number of nitrogens with one attached hydrogen (secondary N) is 1. The minimum atomic E-state index is 0.379. The van der Waals surface area contributed by atoms with Crippen LogP contribution in [0.3, 0.4) is 0 Å². The standard InChI is InChI=1S/C15H27NO/c1-6-7-8-9-11(2)16-13(4)15-10-12(3)17-14(15)5/h10-11,13,16H,6-9H2,1-5H3. The van der Waals surface area contributed by atoms with E-state index in [-0.39, 0.29) is 0 Å². The quantitative estimate of drug-likeness (QED) is 0.705. The Hall–Kier alpha value is -0.760. The fraction of sp³-hybridized carbons (Fsp3) is 0.733. The zero-order valence-corrected chi connectivity index (χ0v) is 12.0. The normalized spacial score (nSPS) is 14.9. The molecule has 1 aromatic rings. The van der Waals surface area contributed by atoms with E-state index in [0.29, 0.717) is 12.1 Å². The minimum absolute atomic E-state index is 0.379. The van der Waals surface area contributed by atoms with Gasteiger partial charge in [0.25, 0.3) is 0 Å². The molecule has 0 aromatic carbocycles. The first kappa shape index (κ1) is 14.3. The van der Waals surface area contributed by atoms with E-state index in [1.54, 1.807) is 0 Å². The van der Waals surface area contributed by atoms with E-state index >= 15 is 0 Å². The smallest absolute Gasteiger partial charge is 0.105 e. The van der Waals surface area contributed by atoms with E-state index in [1.165, 1.54) is 31.2 Å². The molecule has 2 heteroatoms. The fourth-order valence-corrected chi connectivity index (χ4v) is 2.38. The number of unbranched alkanes of at least 4 members (excludes halogenated alkanes) is 2. The summed E-state index contributed by atoms with van der Waals surface area (Å²) in [6, 6.07) is 3.10. The van der Waals surface area contributed by atoms with Crippen molar-refractivity contribution in [2.45, 2.75) is 72.4 Å². The topological polar surface area (TPSA) is 25.2 Å². The number of rotatable bonds is 7. The third-order valence-electron chi connectivity index (χ3n) is 3.32. The van der Waals surface area contributed by atoms with Crippen molar-refractivity contribution in [3.8, 4) is 0 Å². The molecular formula is C15H27NO. The van der Waals surface area contributed by atoms with Crippen LogP contribution in [-0.4, -0.2) is 6.04 Å². The second kappa shape index (κ2) is 6.85. The molecule has 0 spiro atoms. The van der Waals surface area contributed by atoms with Gasteiger partial charge in [-0.1, -0.05) is 26.2 Å². The molecule has 1 N–H and O–H groups in total. The van der Waals surface area contributed by atoms with Gasteiger partial charge in [0.15, 0.2) is 0 Å². The second-order valence-corrected chi connectivity index (χ2v) is 5.15. The van der Waals surface area contributed by atoms with Gasteiger partial charge < -0.3 is 9.73 Å². The lowest BCUT2D eigenvalue weighted by molar-refractivity contribution is 0.432. The van der Waals surface area contributed by atoms with Crippen LogP contribution in [0.25, 0.3) is 0 Å². The second-order valence-electron chi connectivity index (χ2n) is 5.15. The van der Waals surface area contributed by atoms with Crippen molar-refractivity contribution >= 4 is 0 Å². The Balaban J connectivity index is 2.43. The molecule has 0 amide bonds. The van der Waals surface area contributed by atoms with E-state index in [9.17, 15) is 0 Å². The maximum absolute atomic E-state index is 5.58. The largest absolute Gasteiger partial charge is 0.466 e. The lowest BCUT2D eigenvalue weighted by atomic mass is 10.1. The number of furan rings is 1. The summed E-state index contributed by atoms with van der Waals surface area (Å²) >= 11 is 0. The molecule has 0 aliphatic carbocycles. The molecule has 1 heterocycles. The predicted octanol–water partition coefficient (Wildman–Crippen LogP) is 4.52. The van der Waals surface area contributed by atoms with Crippen LogP contribution in [0.15, 0.2) is 10.5 Å².